The Morgan fingerprint density at radius 3 is 3.00 bits per heavy atom. The second-order valence-electron chi connectivity index (χ2n) is 6.21. The van der Waals surface area contributed by atoms with Gasteiger partial charge in [-0.3, -0.25) is 0 Å². The number of nitrogens with one attached hydrogen (secondary N) is 1. The van der Waals surface area contributed by atoms with E-state index in [1.165, 1.54) is 50.3 Å². The second-order valence-corrected chi connectivity index (χ2v) is 6.77. The molecule has 2 unspecified atom stereocenters. The van der Waals surface area contributed by atoms with Gasteiger partial charge in [0.25, 0.3) is 0 Å². The molecule has 2 heterocycles. The van der Waals surface area contributed by atoms with E-state index >= 15 is 0 Å². The van der Waals surface area contributed by atoms with E-state index in [9.17, 15) is 0 Å². The zero-order valence-electron chi connectivity index (χ0n) is 12.3. The number of ether oxygens (including phenoxy) is 1. The summed E-state index contributed by atoms with van der Waals surface area (Å²) in [5.41, 5.74) is 1.29. The van der Waals surface area contributed by atoms with Gasteiger partial charge in [-0.2, -0.15) is 8.75 Å². The minimum atomic E-state index is 0.165. The molecule has 2 aliphatic rings. The highest BCUT2D eigenvalue weighted by Crippen LogP contribution is 2.44. The van der Waals surface area contributed by atoms with Gasteiger partial charge < -0.3 is 10.1 Å². The summed E-state index contributed by atoms with van der Waals surface area (Å²) in [5.74, 6) is 0.630. The van der Waals surface area contributed by atoms with Crippen LogP contribution in [0.3, 0.4) is 0 Å². The van der Waals surface area contributed by atoms with Crippen LogP contribution in [0.5, 0.6) is 0 Å². The van der Waals surface area contributed by atoms with Crippen LogP contribution in [0.25, 0.3) is 0 Å². The third kappa shape index (κ3) is 3.05. The average Bonchev–Trinajstić information content (AvgIpc) is 2.99. The Balaban J connectivity index is 1.73. The van der Waals surface area contributed by atoms with Gasteiger partial charge in [0.15, 0.2) is 0 Å². The van der Waals surface area contributed by atoms with Gasteiger partial charge in [0.05, 0.1) is 35.3 Å². The minimum Gasteiger partial charge on any atom is -0.375 e. The number of nitrogens with zero attached hydrogens (tertiary/aromatic N) is 2. The predicted molar refractivity (Wildman–Crippen MR) is 80.8 cm³/mol. The second kappa shape index (κ2) is 6.50. The Kier molecular flexibility index (Phi) is 4.68. The molecule has 1 N–H and O–H groups in total. The van der Waals surface area contributed by atoms with Crippen molar-refractivity contribution in [2.75, 3.05) is 13.2 Å². The maximum atomic E-state index is 6.22. The Labute approximate surface area is 125 Å². The van der Waals surface area contributed by atoms with E-state index in [0.29, 0.717) is 12.0 Å². The van der Waals surface area contributed by atoms with Crippen molar-refractivity contribution in [3.63, 3.8) is 0 Å². The Morgan fingerprint density at radius 2 is 2.30 bits per heavy atom. The normalized spacial score (nSPS) is 27.6. The van der Waals surface area contributed by atoms with Gasteiger partial charge in [-0.15, -0.1) is 0 Å². The summed E-state index contributed by atoms with van der Waals surface area (Å²) in [6.07, 6.45) is 10.8. The molecule has 20 heavy (non-hydrogen) atoms. The van der Waals surface area contributed by atoms with E-state index in [1.807, 2.05) is 6.20 Å². The summed E-state index contributed by atoms with van der Waals surface area (Å²) in [6.45, 7) is 4.05. The van der Waals surface area contributed by atoms with Crippen LogP contribution in [-0.2, 0) is 4.74 Å². The molecule has 1 saturated heterocycles. The first kappa shape index (κ1) is 14.4. The van der Waals surface area contributed by atoms with Crippen LogP contribution in [0.2, 0.25) is 0 Å². The van der Waals surface area contributed by atoms with E-state index in [0.717, 1.165) is 25.3 Å². The molecule has 0 aromatic carbocycles. The molecule has 1 saturated carbocycles. The molecule has 0 bridgehead atoms. The molecule has 0 radical (unpaired) electrons. The van der Waals surface area contributed by atoms with Gasteiger partial charge in [-0.1, -0.05) is 26.2 Å². The van der Waals surface area contributed by atoms with Gasteiger partial charge in [-0.05, 0) is 38.1 Å². The SMILES string of the molecule is CCNC(c1cnsn1)C1CCOC2(CCCCC2)C1. The van der Waals surface area contributed by atoms with Crippen LogP contribution in [0.4, 0.5) is 0 Å². The largest absolute Gasteiger partial charge is 0.375 e. The average molecular weight is 295 g/mol. The van der Waals surface area contributed by atoms with Crippen LogP contribution in [0, 0.1) is 5.92 Å². The van der Waals surface area contributed by atoms with Crippen molar-refractivity contribution < 1.29 is 4.74 Å². The molecule has 1 aliphatic heterocycles. The maximum Gasteiger partial charge on any atom is 0.0915 e. The Hall–Kier alpha value is -0.520. The van der Waals surface area contributed by atoms with Crippen molar-refractivity contribution in [2.24, 2.45) is 5.92 Å². The lowest BCUT2D eigenvalue weighted by molar-refractivity contribution is -0.122. The fraction of sp³-hybridized carbons (Fsp3) is 0.867. The lowest BCUT2D eigenvalue weighted by Crippen LogP contribution is -2.44. The van der Waals surface area contributed by atoms with Crippen molar-refractivity contribution in [1.29, 1.82) is 0 Å². The zero-order valence-corrected chi connectivity index (χ0v) is 13.1. The van der Waals surface area contributed by atoms with Gasteiger partial charge in [0.1, 0.15) is 0 Å². The summed E-state index contributed by atoms with van der Waals surface area (Å²) in [7, 11) is 0. The van der Waals surface area contributed by atoms with Crippen LogP contribution < -0.4 is 5.32 Å². The van der Waals surface area contributed by atoms with Gasteiger partial charge in [0, 0.05) is 6.61 Å². The third-order valence-corrected chi connectivity index (χ3v) is 5.38. The third-order valence-electron chi connectivity index (χ3n) is 4.89. The molecule has 5 heteroatoms. The van der Waals surface area contributed by atoms with Crippen LogP contribution in [0.15, 0.2) is 6.20 Å². The molecule has 1 aromatic rings. The monoisotopic (exact) mass is 295 g/mol. The van der Waals surface area contributed by atoms with E-state index in [2.05, 4.69) is 21.0 Å². The molecule has 112 valence electrons. The standard InChI is InChI=1S/C15H25N3OS/c1-2-16-14(13-11-17-20-18-13)12-6-9-19-15(10-12)7-4-3-5-8-15/h11-12,14,16H,2-10H2,1H3. The number of aromatic nitrogens is 2. The number of rotatable bonds is 4. The quantitative estimate of drug-likeness (QED) is 0.925. The van der Waals surface area contributed by atoms with Crippen LogP contribution in [0.1, 0.15) is 63.6 Å². The first-order valence-electron chi connectivity index (χ1n) is 7.98. The van der Waals surface area contributed by atoms with Crippen molar-refractivity contribution in [3.05, 3.63) is 11.9 Å². The topological polar surface area (TPSA) is 47.0 Å². The molecule has 1 spiro atoms. The molecule has 2 fully saturated rings. The highest BCUT2D eigenvalue weighted by molar-refractivity contribution is 6.99. The molecule has 1 aliphatic carbocycles. The molecule has 1 aromatic heterocycles. The first-order chi connectivity index (χ1) is 9.83. The van der Waals surface area contributed by atoms with Crippen molar-refractivity contribution in [2.45, 2.75) is 63.5 Å². The summed E-state index contributed by atoms with van der Waals surface area (Å²) < 4.78 is 14.9. The van der Waals surface area contributed by atoms with Gasteiger partial charge in [-0.25, -0.2) is 0 Å². The molecule has 4 nitrogen and oxygen atoms in total. The summed E-state index contributed by atoms with van der Waals surface area (Å²) in [5, 5.41) is 3.63. The van der Waals surface area contributed by atoms with Gasteiger partial charge >= 0.3 is 0 Å². The predicted octanol–water partition coefficient (Wildman–Crippen LogP) is 3.32. The summed E-state index contributed by atoms with van der Waals surface area (Å²) in [6, 6.07) is 0.349. The smallest absolute Gasteiger partial charge is 0.0915 e. The minimum absolute atomic E-state index is 0.165. The zero-order chi connectivity index (χ0) is 13.8. The van der Waals surface area contributed by atoms with Crippen LogP contribution in [-0.4, -0.2) is 27.5 Å². The highest BCUT2D eigenvalue weighted by Gasteiger charge is 2.41. The molecule has 3 rings (SSSR count). The molecule has 0 amide bonds. The fourth-order valence-corrected chi connectivity index (χ4v) is 4.39. The first-order valence-corrected chi connectivity index (χ1v) is 8.71. The highest BCUT2D eigenvalue weighted by atomic mass is 32.1. The lowest BCUT2D eigenvalue weighted by Gasteiger charge is -2.45. The Morgan fingerprint density at radius 1 is 1.45 bits per heavy atom. The molecular weight excluding hydrogens is 270 g/mol. The van der Waals surface area contributed by atoms with Crippen molar-refractivity contribution >= 4 is 11.7 Å². The van der Waals surface area contributed by atoms with E-state index in [1.54, 1.807) is 0 Å². The summed E-state index contributed by atoms with van der Waals surface area (Å²) in [4.78, 5) is 0. The van der Waals surface area contributed by atoms with E-state index in [4.69, 9.17) is 4.74 Å². The summed E-state index contributed by atoms with van der Waals surface area (Å²) >= 11 is 1.31. The number of hydrogen-bond acceptors (Lipinski definition) is 5. The molecule has 2 atom stereocenters. The van der Waals surface area contributed by atoms with Gasteiger partial charge in [0.2, 0.25) is 0 Å². The van der Waals surface area contributed by atoms with Crippen molar-refractivity contribution in [1.82, 2.24) is 14.1 Å². The fourth-order valence-electron chi connectivity index (χ4n) is 3.94. The maximum absolute atomic E-state index is 6.22. The van der Waals surface area contributed by atoms with E-state index in [-0.39, 0.29) is 5.60 Å². The van der Waals surface area contributed by atoms with Crippen molar-refractivity contribution in [3.8, 4) is 0 Å². The molecular formula is C15H25N3OS. The number of hydrogen-bond donors (Lipinski definition) is 1. The van der Waals surface area contributed by atoms with E-state index < -0.39 is 0 Å². The Bertz CT molecular complexity index is 398. The van der Waals surface area contributed by atoms with Crippen LogP contribution >= 0.6 is 11.7 Å². The lowest BCUT2D eigenvalue weighted by atomic mass is 9.73.